The van der Waals surface area contributed by atoms with E-state index in [4.69, 9.17) is 4.74 Å². The Labute approximate surface area is 178 Å². The van der Waals surface area contributed by atoms with Crippen molar-refractivity contribution in [1.82, 2.24) is 10.2 Å². The second-order valence-corrected chi connectivity index (χ2v) is 11.1. The molecular weight excluding hydrogens is 356 g/mol. The molecule has 0 aromatic carbocycles. The number of piperazine rings is 1. The molecule has 5 aliphatic rings. The van der Waals surface area contributed by atoms with Gasteiger partial charge in [-0.25, -0.2) is 0 Å². The second-order valence-electron chi connectivity index (χ2n) is 11.1. The lowest BCUT2D eigenvalue weighted by Gasteiger charge is -2.60. The minimum atomic E-state index is 0.400. The Balaban J connectivity index is 1.46. The predicted octanol–water partition coefficient (Wildman–Crippen LogP) is 5.00. The quantitative estimate of drug-likeness (QED) is 0.677. The molecule has 0 spiro atoms. The lowest BCUT2D eigenvalue weighted by molar-refractivity contribution is -0.0612. The molecule has 1 aliphatic heterocycles. The molecule has 1 saturated heterocycles. The summed E-state index contributed by atoms with van der Waals surface area (Å²) in [5.41, 5.74) is 4.28. The van der Waals surface area contributed by atoms with Crippen LogP contribution >= 0.6 is 0 Å². The number of rotatable bonds is 3. The molecule has 4 aliphatic carbocycles. The fourth-order valence-corrected chi connectivity index (χ4v) is 8.33. The molecule has 29 heavy (non-hydrogen) atoms. The lowest BCUT2D eigenvalue weighted by Crippen LogP contribution is -2.54. The van der Waals surface area contributed by atoms with Gasteiger partial charge in [0, 0.05) is 44.4 Å². The molecule has 0 amide bonds. The van der Waals surface area contributed by atoms with Crippen molar-refractivity contribution in [3.8, 4) is 0 Å². The Hall–Kier alpha value is -0.800. The summed E-state index contributed by atoms with van der Waals surface area (Å²) >= 11 is 0. The minimum Gasteiger partial charge on any atom is -0.381 e. The highest BCUT2D eigenvalue weighted by Crippen LogP contribution is 2.66. The number of allylic oxidation sites excluding steroid dienone is 3. The summed E-state index contributed by atoms with van der Waals surface area (Å²) < 4.78 is 5.80. The predicted molar refractivity (Wildman–Crippen MR) is 120 cm³/mol. The molecule has 0 radical (unpaired) electrons. The van der Waals surface area contributed by atoms with E-state index >= 15 is 0 Å². The van der Waals surface area contributed by atoms with Gasteiger partial charge >= 0.3 is 0 Å². The Kier molecular flexibility index (Phi) is 5.14. The van der Waals surface area contributed by atoms with E-state index in [0.717, 1.165) is 36.8 Å². The van der Waals surface area contributed by atoms with Gasteiger partial charge in [-0.3, -0.25) is 0 Å². The lowest BCUT2D eigenvalue weighted by atomic mass is 9.45. The van der Waals surface area contributed by atoms with Gasteiger partial charge in [-0.15, -0.1) is 0 Å². The highest BCUT2D eigenvalue weighted by atomic mass is 16.5. The normalized spacial score (nSPS) is 47.0. The number of ether oxygens (including phenoxy) is 1. The van der Waals surface area contributed by atoms with E-state index in [1.165, 1.54) is 58.0 Å². The first-order chi connectivity index (χ1) is 14.0. The first-order valence-electron chi connectivity index (χ1n) is 12.4. The average molecular weight is 399 g/mol. The Morgan fingerprint density at radius 3 is 2.59 bits per heavy atom. The SMILES string of the molecule is CCC1C=C2CC(OC)CC[C@]2(C)[C@@H]2CC[C@]3(C)C(N4CCNCC4)=CC[C@H]3[C@H]12. The smallest absolute Gasteiger partial charge is 0.0608 e. The van der Waals surface area contributed by atoms with Gasteiger partial charge in [-0.05, 0) is 74.0 Å². The van der Waals surface area contributed by atoms with Gasteiger partial charge in [-0.2, -0.15) is 0 Å². The summed E-state index contributed by atoms with van der Waals surface area (Å²) in [6.07, 6.45) is 15.0. The maximum Gasteiger partial charge on any atom is 0.0608 e. The maximum absolute atomic E-state index is 5.80. The topological polar surface area (TPSA) is 24.5 Å². The first kappa shape index (κ1) is 20.1. The van der Waals surface area contributed by atoms with Gasteiger partial charge in [0.1, 0.15) is 0 Å². The van der Waals surface area contributed by atoms with E-state index < -0.39 is 0 Å². The van der Waals surface area contributed by atoms with Crippen molar-refractivity contribution in [2.24, 2.45) is 34.5 Å². The third-order valence-corrected chi connectivity index (χ3v) is 10.0. The molecule has 0 bridgehead atoms. The molecule has 3 fully saturated rings. The van der Waals surface area contributed by atoms with Gasteiger partial charge in [0.15, 0.2) is 0 Å². The van der Waals surface area contributed by atoms with Crippen molar-refractivity contribution in [3.05, 3.63) is 23.4 Å². The fourth-order valence-electron chi connectivity index (χ4n) is 8.33. The third-order valence-electron chi connectivity index (χ3n) is 10.0. The number of hydrogen-bond acceptors (Lipinski definition) is 3. The van der Waals surface area contributed by atoms with Crippen LogP contribution in [-0.4, -0.2) is 44.3 Å². The Morgan fingerprint density at radius 2 is 1.86 bits per heavy atom. The minimum absolute atomic E-state index is 0.400. The summed E-state index contributed by atoms with van der Waals surface area (Å²) in [6, 6.07) is 0. The summed E-state index contributed by atoms with van der Waals surface area (Å²) in [6.45, 7) is 12.4. The molecule has 0 aromatic rings. The van der Waals surface area contributed by atoms with Crippen molar-refractivity contribution < 1.29 is 4.74 Å². The summed E-state index contributed by atoms with van der Waals surface area (Å²) in [5, 5.41) is 3.54. The van der Waals surface area contributed by atoms with Crippen molar-refractivity contribution >= 4 is 0 Å². The largest absolute Gasteiger partial charge is 0.381 e. The van der Waals surface area contributed by atoms with Crippen LogP contribution in [0.15, 0.2) is 23.4 Å². The van der Waals surface area contributed by atoms with Crippen molar-refractivity contribution in [3.63, 3.8) is 0 Å². The Morgan fingerprint density at radius 1 is 1.10 bits per heavy atom. The number of nitrogens with zero attached hydrogens (tertiary/aromatic N) is 1. The number of nitrogens with one attached hydrogen (secondary N) is 1. The van der Waals surface area contributed by atoms with Crippen LogP contribution in [0.1, 0.15) is 65.7 Å². The molecule has 1 heterocycles. The first-order valence-corrected chi connectivity index (χ1v) is 12.4. The van der Waals surface area contributed by atoms with E-state index in [2.05, 4.69) is 43.1 Å². The Bertz CT molecular complexity index is 693. The second kappa shape index (κ2) is 7.41. The van der Waals surface area contributed by atoms with Crippen LogP contribution in [0.3, 0.4) is 0 Å². The van der Waals surface area contributed by atoms with Crippen LogP contribution in [0.2, 0.25) is 0 Å². The number of hydrogen-bond donors (Lipinski definition) is 1. The molecule has 0 aromatic heterocycles. The van der Waals surface area contributed by atoms with Crippen molar-refractivity contribution in [1.29, 1.82) is 0 Å². The third kappa shape index (κ3) is 2.97. The average Bonchev–Trinajstić information content (AvgIpc) is 3.10. The van der Waals surface area contributed by atoms with Crippen LogP contribution in [0.5, 0.6) is 0 Å². The van der Waals surface area contributed by atoms with Crippen LogP contribution in [0.25, 0.3) is 0 Å². The van der Waals surface area contributed by atoms with Gasteiger partial charge < -0.3 is 15.0 Å². The van der Waals surface area contributed by atoms with Gasteiger partial charge in [0.05, 0.1) is 6.10 Å². The van der Waals surface area contributed by atoms with Gasteiger partial charge in [-0.1, -0.05) is 38.5 Å². The molecule has 1 N–H and O–H groups in total. The maximum atomic E-state index is 5.80. The summed E-state index contributed by atoms with van der Waals surface area (Å²) in [7, 11) is 1.91. The van der Waals surface area contributed by atoms with E-state index in [-0.39, 0.29) is 0 Å². The van der Waals surface area contributed by atoms with Crippen LogP contribution < -0.4 is 5.32 Å². The molecule has 7 atom stereocenters. The highest BCUT2D eigenvalue weighted by Gasteiger charge is 2.59. The number of fused-ring (bicyclic) bond motifs is 5. The molecule has 162 valence electrons. The monoisotopic (exact) mass is 398 g/mol. The van der Waals surface area contributed by atoms with Crippen molar-refractivity contribution in [2.45, 2.75) is 71.8 Å². The van der Waals surface area contributed by atoms with Crippen LogP contribution in [0.4, 0.5) is 0 Å². The van der Waals surface area contributed by atoms with Gasteiger partial charge in [0.25, 0.3) is 0 Å². The standard InChI is InChI=1S/C26H42N2O/c1-5-18-16-19-17-20(29-4)8-10-25(19,2)22-9-11-26(3)21(24(18)22)6-7-23(26)28-14-12-27-13-15-28/h7,16,18,20-22,24,27H,5-6,8-15,17H2,1-4H3/t18?,20?,21-,22+,24-,25-,26-/m0/s1. The van der Waals surface area contributed by atoms with Gasteiger partial charge in [0.2, 0.25) is 0 Å². The molecule has 3 nitrogen and oxygen atoms in total. The molecule has 5 rings (SSSR count). The zero-order valence-electron chi connectivity index (χ0n) is 19.2. The van der Waals surface area contributed by atoms with E-state index in [0.29, 0.717) is 16.9 Å². The van der Waals surface area contributed by atoms with Crippen LogP contribution in [0, 0.1) is 34.5 Å². The highest BCUT2D eigenvalue weighted by molar-refractivity contribution is 5.31. The fraction of sp³-hybridized carbons (Fsp3) is 0.846. The number of methoxy groups -OCH3 is 1. The van der Waals surface area contributed by atoms with E-state index in [1.807, 2.05) is 7.11 Å². The zero-order valence-corrected chi connectivity index (χ0v) is 19.2. The summed E-state index contributed by atoms with van der Waals surface area (Å²) in [5.74, 6) is 3.34. The molecule has 3 heteroatoms. The molecular formula is C26H42N2O. The van der Waals surface area contributed by atoms with Crippen molar-refractivity contribution in [2.75, 3.05) is 33.3 Å². The summed E-state index contributed by atoms with van der Waals surface area (Å²) in [4.78, 5) is 2.73. The molecule has 2 unspecified atom stereocenters. The molecule has 2 saturated carbocycles. The van der Waals surface area contributed by atoms with E-state index in [9.17, 15) is 0 Å². The van der Waals surface area contributed by atoms with E-state index in [1.54, 1.807) is 11.3 Å². The zero-order chi connectivity index (χ0) is 20.2. The van der Waals surface area contributed by atoms with Crippen LogP contribution in [-0.2, 0) is 4.74 Å².